The zero-order chi connectivity index (χ0) is 13.0. The molecule has 96 valence electrons. The molecule has 1 amide bonds. The van der Waals surface area contributed by atoms with E-state index in [1.165, 1.54) is 6.92 Å². The van der Waals surface area contributed by atoms with Gasteiger partial charge in [-0.2, -0.15) is 0 Å². The molecule has 0 aromatic heterocycles. The summed E-state index contributed by atoms with van der Waals surface area (Å²) in [5.41, 5.74) is -0.351. The number of rotatable bonds is 6. The van der Waals surface area contributed by atoms with E-state index in [1.54, 1.807) is 0 Å². The number of carbonyl (C=O) groups excluding carboxylic acids is 1. The van der Waals surface area contributed by atoms with E-state index in [-0.39, 0.29) is 5.54 Å². The monoisotopic (exact) mass is 313 g/mol. The molecule has 0 heterocycles. The maximum atomic E-state index is 11.8. The lowest BCUT2D eigenvalue weighted by Gasteiger charge is -2.31. The Balaban J connectivity index is 4.79. The van der Waals surface area contributed by atoms with E-state index in [4.69, 9.17) is 0 Å². The highest BCUT2D eigenvalue weighted by atomic mass is 79.9. The van der Waals surface area contributed by atoms with Gasteiger partial charge in [-0.25, -0.2) is 8.42 Å². The largest absolute Gasteiger partial charge is 0.349 e. The summed E-state index contributed by atoms with van der Waals surface area (Å²) in [5.74, 6) is -0.425. The van der Waals surface area contributed by atoms with Gasteiger partial charge in [0.2, 0.25) is 5.91 Å². The predicted molar refractivity (Wildman–Crippen MR) is 69.6 cm³/mol. The molecule has 0 rings (SSSR count). The van der Waals surface area contributed by atoms with Crippen molar-refractivity contribution in [2.45, 2.75) is 44.4 Å². The number of nitrogens with one attached hydrogen (secondary N) is 1. The molecule has 0 aromatic rings. The Labute approximate surface area is 106 Å². The minimum absolute atomic E-state index is 0.351. The first-order chi connectivity index (χ1) is 7.22. The third-order valence-corrected chi connectivity index (χ3v) is 5.58. The smallest absolute Gasteiger partial charge is 0.238 e. The van der Waals surface area contributed by atoms with Gasteiger partial charge in [-0.05, 0) is 19.8 Å². The molecule has 0 fully saturated rings. The fourth-order valence-electron chi connectivity index (χ4n) is 1.21. The number of hydrogen-bond acceptors (Lipinski definition) is 3. The summed E-state index contributed by atoms with van der Waals surface area (Å²) in [7, 11) is -3.33. The van der Waals surface area contributed by atoms with Gasteiger partial charge in [0.25, 0.3) is 0 Å². The maximum Gasteiger partial charge on any atom is 0.238 e. The molecule has 0 saturated heterocycles. The van der Waals surface area contributed by atoms with Crippen LogP contribution in [-0.4, -0.2) is 36.7 Å². The molecule has 1 N–H and O–H groups in total. The lowest BCUT2D eigenvalue weighted by molar-refractivity contribution is -0.122. The van der Waals surface area contributed by atoms with Crippen LogP contribution in [0.15, 0.2) is 0 Å². The first-order valence-electron chi connectivity index (χ1n) is 5.29. The molecule has 0 bridgehead atoms. The van der Waals surface area contributed by atoms with Gasteiger partial charge in [-0.3, -0.25) is 4.79 Å². The summed E-state index contributed by atoms with van der Waals surface area (Å²) < 4.78 is 22.5. The normalized spacial score (nSPS) is 14.6. The molecule has 4 nitrogen and oxygen atoms in total. The van der Waals surface area contributed by atoms with Crippen LogP contribution in [0.1, 0.15) is 33.6 Å². The van der Waals surface area contributed by atoms with Crippen molar-refractivity contribution < 1.29 is 13.2 Å². The summed E-state index contributed by atoms with van der Waals surface area (Å²) in [6.45, 7) is 5.35. The Bertz CT molecular complexity index is 328. The number of hydrogen-bond donors (Lipinski definition) is 1. The van der Waals surface area contributed by atoms with E-state index < -0.39 is 21.0 Å². The highest BCUT2D eigenvalue weighted by Crippen LogP contribution is 2.18. The lowest BCUT2D eigenvalue weighted by Crippen LogP contribution is -2.53. The number of halogens is 1. The fraction of sp³-hybridized carbons (Fsp3) is 0.900. The Morgan fingerprint density at radius 1 is 1.38 bits per heavy atom. The maximum absolute atomic E-state index is 11.8. The summed E-state index contributed by atoms with van der Waals surface area (Å²) >= 11 is 3.36. The van der Waals surface area contributed by atoms with E-state index in [0.717, 1.165) is 19.1 Å². The number of carbonyl (C=O) groups is 1. The van der Waals surface area contributed by atoms with Crippen molar-refractivity contribution in [3.63, 3.8) is 0 Å². The highest BCUT2D eigenvalue weighted by molar-refractivity contribution is 9.09. The molecule has 0 radical (unpaired) electrons. The van der Waals surface area contributed by atoms with Gasteiger partial charge in [0.15, 0.2) is 9.84 Å². The molecule has 1 atom stereocenters. The van der Waals surface area contributed by atoms with Gasteiger partial charge in [0, 0.05) is 17.1 Å². The van der Waals surface area contributed by atoms with Crippen molar-refractivity contribution >= 4 is 31.7 Å². The van der Waals surface area contributed by atoms with Crippen LogP contribution in [0.4, 0.5) is 0 Å². The van der Waals surface area contributed by atoms with E-state index in [1.807, 2.05) is 13.8 Å². The average Bonchev–Trinajstić information content (AvgIpc) is 2.23. The van der Waals surface area contributed by atoms with Crippen LogP contribution in [0.5, 0.6) is 0 Å². The zero-order valence-corrected chi connectivity index (χ0v) is 12.6. The van der Waals surface area contributed by atoms with Crippen molar-refractivity contribution in [2.24, 2.45) is 0 Å². The molecule has 6 heteroatoms. The summed E-state index contributed by atoms with van der Waals surface area (Å²) in [5, 5.41) is 2.44. The minimum atomic E-state index is -3.33. The Kier molecular flexibility index (Phi) is 5.96. The fourth-order valence-corrected chi connectivity index (χ4v) is 2.59. The van der Waals surface area contributed by atoms with Gasteiger partial charge < -0.3 is 5.32 Å². The van der Waals surface area contributed by atoms with Crippen LogP contribution in [0.3, 0.4) is 0 Å². The summed E-state index contributed by atoms with van der Waals surface area (Å²) in [4.78, 5) is 11.8. The van der Waals surface area contributed by atoms with E-state index >= 15 is 0 Å². The van der Waals surface area contributed by atoms with Crippen LogP contribution in [-0.2, 0) is 14.6 Å². The molecular formula is C10H20BrNO3S. The zero-order valence-electron chi connectivity index (χ0n) is 10.2. The van der Waals surface area contributed by atoms with Crippen LogP contribution in [0.25, 0.3) is 0 Å². The average molecular weight is 314 g/mol. The van der Waals surface area contributed by atoms with E-state index in [9.17, 15) is 13.2 Å². The van der Waals surface area contributed by atoms with Gasteiger partial charge >= 0.3 is 0 Å². The molecule has 0 spiro atoms. The molecule has 0 aliphatic carbocycles. The molecule has 1 unspecified atom stereocenters. The molecule has 16 heavy (non-hydrogen) atoms. The van der Waals surface area contributed by atoms with Crippen LogP contribution in [0, 0.1) is 0 Å². The SMILES string of the molecule is CCC(CC)(CBr)NC(=O)C(C)S(C)(=O)=O. The van der Waals surface area contributed by atoms with Gasteiger partial charge in [-0.1, -0.05) is 29.8 Å². The van der Waals surface area contributed by atoms with Crippen molar-refractivity contribution in [1.29, 1.82) is 0 Å². The van der Waals surface area contributed by atoms with Gasteiger partial charge in [0.05, 0.1) is 0 Å². The van der Waals surface area contributed by atoms with Crippen molar-refractivity contribution in [3.05, 3.63) is 0 Å². The van der Waals surface area contributed by atoms with Crippen molar-refractivity contribution in [2.75, 3.05) is 11.6 Å². The second kappa shape index (κ2) is 6.00. The topological polar surface area (TPSA) is 63.2 Å². The summed E-state index contributed by atoms with van der Waals surface area (Å²) in [6, 6.07) is 0. The molecule has 0 saturated carbocycles. The van der Waals surface area contributed by atoms with E-state index in [2.05, 4.69) is 21.2 Å². The standard InChI is InChI=1S/C10H20BrNO3S/c1-5-10(6-2,7-11)12-9(13)8(3)16(4,14)15/h8H,5-7H2,1-4H3,(H,12,13). The van der Waals surface area contributed by atoms with Crippen LogP contribution >= 0.6 is 15.9 Å². The van der Waals surface area contributed by atoms with Crippen LogP contribution < -0.4 is 5.32 Å². The predicted octanol–water partition coefficient (Wildman–Crippen LogP) is 1.49. The number of sulfone groups is 1. The van der Waals surface area contributed by atoms with Crippen LogP contribution in [0.2, 0.25) is 0 Å². The first-order valence-corrected chi connectivity index (χ1v) is 8.37. The first kappa shape index (κ1) is 15.9. The Morgan fingerprint density at radius 2 is 1.81 bits per heavy atom. The second-order valence-electron chi connectivity index (χ2n) is 4.08. The van der Waals surface area contributed by atoms with E-state index in [0.29, 0.717) is 5.33 Å². The van der Waals surface area contributed by atoms with Crippen molar-refractivity contribution in [1.82, 2.24) is 5.32 Å². The summed E-state index contributed by atoms with van der Waals surface area (Å²) in [6.07, 6.45) is 2.60. The lowest BCUT2D eigenvalue weighted by atomic mass is 9.95. The molecule has 0 aliphatic rings. The second-order valence-corrected chi connectivity index (χ2v) is 7.01. The molecule has 0 aliphatic heterocycles. The number of alkyl halides is 1. The minimum Gasteiger partial charge on any atom is -0.349 e. The van der Waals surface area contributed by atoms with Gasteiger partial charge in [0.1, 0.15) is 5.25 Å². The third-order valence-electron chi connectivity index (χ3n) is 3.01. The molecule has 0 aromatic carbocycles. The Morgan fingerprint density at radius 3 is 2.06 bits per heavy atom. The number of amides is 1. The quantitative estimate of drug-likeness (QED) is 0.756. The third kappa shape index (κ3) is 4.05. The van der Waals surface area contributed by atoms with Gasteiger partial charge in [-0.15, -0.1) is 0 Å². The Hall–Kier alpha value is -0.100. The molecular weight excluding hydrogens is 294 g/mol. The van der Waals surface area contributed by atoms with Crippen molar-refractivity contribution in [3.8, 4) is 0 Å². The highest BCUT2D eigenvalue weighted by Gasteiger charge is 2.31.